The van der Waals surface area contributed by atoms with Gasteiger partial charge in [0.25, 0.3) is 5.91 Å². The van der Waals surface area contributed by atoms with E-state index in [2.05, 4.69) is 15.4 Å². The van der Waals surface area contributed by atoms with Gasteiger partial charge in [0, 0.05) is 12.6 Å². The van der Waals surface area contributed by atoms with Gasteiger partial charge in [-0.15, -0.1) is 0 Å². The number of nitrogens with zero attached hydrogens (tertiary/aromatic N) is 3. The number of aromatic nitrogens is 3. The molecule has 0 atom stereocenters. The molecule has 0 aliphatic heterocycles. The molecule has 7 heteroatoms. The van der Waals surface area contributed by atoms with Crippen molar-refractivity contribution in [1.82, 2.24) is 14.8 Å². The zero-order valence-electron chi connectivity index (χ0n) is 15.3. The Balaban J connectivity index is 1.80. The Morgan fingerprint density at radius 1 is 1.14 bits per heavy atom. The largest absolute Gasteiger partial charge is 0.497 e. The van der Waals surface area contributed by atoms with Crippen molar-refractivity contribution >= 4 is 22.6 Å². The van der Waals surface area contributed by atoms with Crippen LogP contribution in [-0.2, 0) is 7.05 Å². The lowest BCUT2D eigenvalue weighted by Crippen LogP contribution is -2.14. The van der Waals surface area contributed by atoms with Crippen LogP contribution in [0.4, 0.5) is 10.1 Å². The van der Waals surface area contributed by atoms with Crippen LogP contribution in [0.3, 0.4) is 0 Å². The summed E-state index contributed by atoms with van der Waals surface area (Å²) >= 11 is 0. The fourth-order valence-corrected chi connectivity index (χ4v) is 2.96. The summed E-state index contributed by atoms with van der Waals surface area (Å²) in [6.45, 7) is 0. The number of fused-ring (bicyclic) bond motifs is 1. The molecule has 0 saturated heterocycles. The molecule has 1 N–H and O–H groups in total. The maximum atomic E-state index is 13.9. The number of carbonyl (C=O) groups excluding carboxylic acids is 1. The fourth-order valence-electron chi connectivity index (χ4n) is 2.96. The quantitative estimate of drug-likeness (QED) is 0.584. The molecule has 6 nitrogen and oxygen atoms in total. The average molecular weight is 376 g/mol. The van der Waals surface area contributed by atoms with Gasteiger partial charge in [-0.2, -0.15) is 5.10 Å². The fraction of sp³-hybridized carbons (Fsp3) is 0.0952. The molecule has 0 unspecified atom stereocenters. The molecule has 2 heterocycles. The van der Waals surface area contributed by atoms with E-state index < -0.39 is 11.7 Å². The summed E-state index contributed by atoms with van der Waals surface area (Å²) in [5, 5.41) is 7.42. The first-order valence-electron chi connectivity index (χ1n) is 8.60. The van der Waals surface area contributed by atoms with Gasteiger partial charge in [0.15, 0.2) is 5.65 Å². The average Bonchev–Trinajstić information content (AvgIpc) is 3.10. The summed E-state index contributed by atoms with van der Waals surface area (Å²) in [5.74, 6) is -0.203. The van der Waals surface area contributed by atoms with Gasteiger partial charge in [-0.1, -0.05) is 12.1 Å². The van der Waals surface area contributed by atoms with E-state index in [0.717, 1.165) is 11.3 Å². The minimum absolute atomic E-state index is 0.118. The number of carbonyl (C=O) groups is 1. The molecule has 0 radical (unpaired) electrons. The van der Waals surface area contributed by atoms with E-state index in [1.54, 1.807) is 43.2 Å². The molecular formula is C21H17FN4O2. The zero-order valence-corrected chi connectivity index (χ0v) is 15.3. The Bertz CT molecular complexity index is 1170. The van der Waals surface area contributed by atoms with Crippen LogP contribution in [0, 0.1) is 5.82 Å². The van der Waals surface area contributed by atoms with Gasteiger partial charge in [0.1, 0.15) is 11.6 Å². The predicted octanol–water partition coefficient (Wildman–Crippen LogP) is 4.04. The van der Waals surface area contributed by atoms with Gasteiger partial charge in [-0.25, -0.2) is 9.37 Å². The van der Waals surface area contributed by atoms with Crippen molar-refractivity contribution in [3.63, 3.8) is 0 Å². The number of anilines is 1. The van der Waals surface area contributed by atoms with Crippen LogP contribution < -0.4 is 10.1 Å². The van der Waals surface area contributed by atoms with E-state index in [9.17, 15) is 9.18 Å². The molecule has 1 amide bonds. The van der Waals surface area contributed by atoms with Crippen LogP contribution in [0.15, 0.2) is 60.8 Å². The van der Waals surface area contributed by atoms with Crippen LogP contribution >= 0.6 is 0 Å². The smallest absolute Gasteiger partial charge is 0.256 e. The zero-order chi connectivity index (χ0) is 19.7. The normalized spacial score (nSPS) is 10.8. The van der Waals surface area contributed by atoms with Gasteiger partial charge in [-0.3, -0.25) is 9.48 Å². The number of benzene rings is 2. The predicted molar refractivity (Wildman–Crippen MR) is 105 cm³/mol. The molecule has 140 valence electrons. The lowest BCUT2D eigenvalue weighted by molar-refractivity contribution is 0.102. The van der Waals surface area contributed by atoms with E-state index in [1.807, 2.05) is 24.3 Å². The highest BCUT2D eigenvalue weighted by Crippen LogP contribution is 2.27. The maximum Gasteiger partial charge on any atom is 0.256 e. The van der Waals surface area contributed by atoms with Gasteiger partial charge in [0.05, 0.1) is 35.6 Å². The number of para-hydroxylation sites is 1. The van der Waals surface area contributed by atoms with Crippen LogP contribution in [0.5, 0.6) is 5.75 Å². The second kappa shape index (κ2) is 7.11. The first-order chi connectivity index (χ1) is 13.6. The molecule has 0 fully saturated rings. The first-order valence-corrected chi connectivity index (χ1v) is 8.60. The van der Waals surface area contributed by atoms with Crippen molar-refractivity contribution in [3.05, 3.63) is 72.2 Å². The number of methoxy groups -OCH3 is 1. The number of pyridine rings is 1. The third kappa shape index (κ3) is 3.18. The first kappa shape index (κ1) is 17.7. The molecule has 0 aliphatic rings. The van der Waals surface area contributed by atoms with Crippen molar-refractivity contribution in [2.75, 3.05) is 12.4 Å². The van der Waals surface area contributed by atoms with Crippen LogP contribution in [0.1, 0.15) is 10.4 Å². The molecule has 4 rings (SSSR count). The van der Waals surface area contributed by atoms with Crippen molar-refractivity contribution < 1.29 is 13.9 Å². The van der Waals surface area contributed by atoms with Crippen molar-refractivity contribution in [1.29, 1.82) is 0 Å². The van der Waals surface area contributed by atoms with Crippen LogP contribution in [0.25, 0.3) is 22.3 Å². The summed E-state index contributed by atoms with van der Waals surface area (Å²) in [4.78, 5) is 17.5. The summed E-state index contributed by atoms with van der Waals surface area (Å²) in [5.41, 5.74) is 2.48. The molecule has 0 spiro atoms. The van der Waals surface area contributed by atoms with Gasteiger partial charge >= 0.3 is 0 Å². The minimum atomic E-state index is -0.497. The Hall–Kier alpha value is -3.74. The summed E-state index contributed by atoms with van der Waals surface area (Å²) in [6, 6.07) is 15.1. The summed E-state index contributed by atoms with van der Waals surface area (Å²) in [7, 11) is 3.35. The number of aryl methyl sites for hydroxylation is 1. The minimum Gasteiger partial charge on any atom is -0.497 e. The Labute approximate surface area is 160 Å². The number of ether oxygens (including phenoxy) is 1. The molecule has 4 aromatic rings. The highest BCUT2D eigenvalue weighted by atomic mass is 19.1. The van der Waals surface area contributed by atoms with E-state index in [1.165, 1.54) is 12.1 Å². The molecule has 28 heavy (non-hydrogen) atoms. The van der Waals surface area contributed by atoms with E-state index in [4.69, 9.17) is 4.74 Å². The molecular weight excluding hydrogens is 359 g/mol. The summed E-state index contributed by atoms with van der Waals surface area (Å²) < 4.78 is 20.7. The Kier molecular flexibility index (Phi) is 4.49. The maximum absolute atomic E-state index is 13.9. The highest BCUT2D eigenvalue weighted by Gasteiger charge is 2.18. The van der Waals surface area contributed by atoms with E-state index >= 15 is 0 Å². The summed E-state index contributed by atoms with van der Waals surface area (Å²) in [6.07, 6.45) is 1.58. The molecule has 0 aliphatic carbocycles. The standard InChI is InChI=1S/C21H17FN4O2/c1-26-20-16(12-23-26)15(21(27)25-18-6-4-3-5-17(18)22)11-19(24-20)13-7-9-14(28-2)10-8-13/h3-12H,1-2H3,(H,25,27). The number of nitrogens with one attached hydrogen (secondary N) is 1. The molecule has 0 saturated carbocycles. The number of hydrogen-bond donors (Lipinski definition) is 1. The lowest BCUT2D eigenvalue weighted by Gasteiger charge is -2.10. The van der Waals surface area contributed by atoms with Gasteiger partial charge < -0.3 is 10.1 Å². The SMILES string of the molecule is COc1ccc(-c2cc(C(=O)Nc3ccccc3F)c3cnn(C)c3n2)cc1. The second-order valence-corrected chi connectivity index (χ2v) is 6.22. The Morgan fingerprint density at radius 3 is 2.61 bits per heavy atom. The van der Waals surface area contributed by atoms with Gasteiger partial charge in [0.2, 0.25) is 0 Å². The molecule has 0 bridgehead atoms. The number of halogens is 1. The molecule has 2 aromatic carbocycles. The molecule has 2 aromatic heterocycles. The number of rotatable bonds is 4. The number of hydrogen-bond acceptors (Lipinski definition) is 4. The van der Waals surface area contributed by atoms with Gasteiger partial charge in [-0.05, 0) is 42.5 Å². The number of amides is 1. The van der Waals surface area contributed by atoms with Crippen LogP contribution in [-0.4, -0.2) is 27.8 Å². The lowest BCUT2D eigenvalue weighted by atomic mass is 10.1. The van der Waals surface area contributed by atoms with E-state index in [-0.39, 0.29) is 5.69 Å². The van der Waals surface area contributed by atoms with Crippen molar-refractivity contribution in [2.24, 2.45) is 7.05 Å². The topological polar surface area (TPSA) is 69.0 Å². The third-order valence-electron chi connectivity index (χ3n) is 4.46. The highest BCUT2D eigenvalue weighted by molar-refractivity contribution is 6.12. The van der Waals surface area contributed by atoms with Crippen LogP contribution in [0.2, 0.25) is 0 Å². The van der Waals surface area contributed by atoms with Crippen molar-refractivity contribution in [2.45, 2.75) is 0 Å². The third-order valence-corrected chi connectivity index (χ3v) is 4.46. The second-order valence-electron chi connectivity index (χ2n) is 6.22. The van der Waals surface area contributed by atoms with Crippen molar-refractivity contribution in [3.8, 4) is 17.0 Å². The monoisotopic (exact) mass is 376 g/mol. The van der Waals surface area contributed by atoms with E-state index in [0.29, 0.717) is 22.3 Å². The Morgan fingerprint density at radius 2 is 1.89 bits per heavy atom.